The van der Waals surface area contributed by atoms with Gasteiger partial charge in [-0.2, -0.15) is 11.8 Å². The highest BCUT2D eigenvalue weighted by atomic mass is 32.2. The summed E-state index contributed by atoms with van der Waals surface area (Å²) < 4.78 is 4.87. The van der Waals surface area contributed by atoms with Crippen LogP contribution in [0.3, 0.4) is 0 Å². The average Bonchev–Trinajstić information content (AvgIpc) is 2.76. The molecule has 94 valence electrons. The van der Waals surface area contributed by atoms with Crippen molar-refractivity contribution in [2.24, 2.45) is 0 Å². The van der Waals surface area contributed by atoms with Gasteiger partial charge in [0.25, 0.3) is 0 Å². The topological polar surface area (TPSA) is 62.5 Å². The van der Waals surface area contributed by atoms with Crippen LogP contribution in [0.2, 0.25) is 0 Å². The molecule has 1 atom stereocenters. The lowest BCUT2D eigenvalue weighted by atomic mass is 10.1. The summed E-state index contributed by atoms with van der Waals surface area (Å²) in [5.74, 6) is 0.353. The number of carbonyl (C=O) groups is 1. The Bertz CT molecular complexity index is 371. The van der Waals surface area contributed by atoms with Gasteiger partial charge in [0.2, 0.25) is 5.91 Å². The second-order valence-electron chi connectivity index (χ2n) is 4.04. The zero-order valence-corrected chi connectivity index (χ0v) is 10.8. The fourth-order valence-corrected chi connectivity index (χ4v) is 1.96. The number of nitrogens with one attached hydrogen (secondary N) is 1. The number of hydrogen-bond acceptors (Lipinski definition) is 4. The average molecular weight is 255 g/mol. The normalized spacial score (nSPS) is 14.8. The molecule has 1 aromatic heterocycles. The van der Waals surface area contributed by atoms with Gasteiger partial charge in [0.05, 0.1) is 18.1 Å². The van der Waals surface area contributed by atoms with E-state index in [4.69, 9.17) is 4.42 Å². The first kappa shape index (κ1) is 13.9. The quantitative estimate of drug-likeness (QED) is 0.757. The molecule has 2 N–H and O–H groups in total. The summed E-state index contributed by atoms with van der Waals surface area (Å²) in [6.07, 6.45) is 8.08. The molecule has 5 heteroatoms. The van der Waals surface area contributed by atoms with Crippen molar-refractivity contribution in [2.75, 3.05) is 18.6 Å². The molecule has 0 radical (unpaired) electrons. The second kappa shape index (κ2) is 6.51. The molecule has 17 heavy (non-hydrogen) atoms. The minimum atomic E-state index is -0.876. The van der Waals surface area contributed by atoms with Crippen LogP contribution in [0.1, 0.15) is 12.5 Å². The molecule has 0 spiro atoms. The standard InChI is InChI=1S/C12H17NO3S/c1-12(15,9-17-2)8-13-11(14)4-3-10-5-6-16-7-10/h3-7,15H,8-9H2,1-2H3,(H,13,14). The van der Waals surface area contributed by atoms with Crippen molar-refractivity contribution in [3.8, 4) is 0 Å². The monoisotopic (exact) mass is 255 g/mol. The third-order valence-electron chi connectivity index (χ3n) is 2.07. The van der Waals surface area contributed by atoms with Crippen LogP contribution in [0.15, 0.2) is 29.1 Å². The Morgan fingerprint density at radius 2 is 2.47 bits per heavy atom. The van der Waals surface area contributed by atoms with Crippen LogP contribution in [-0.2, 0) is 4.79 Å². The lowest BCUT2D eigenvalue weighted by molar-refractivity contribution is -0.117. The predicted molar refractivity (Wildman–Crippen MR) is 69.8 cm³/mol. The van der Waals surface area contributed by atoms with Gasteiger partial charge < -0.3 is 14.8 Å². The maximum absolute atomic E-state index is 11.4. The van der Waals surface area contributed by atoms with Crippen LogP contribution < -0.4 is 5.32 Å². The Kier molecular flexibility index (Phi) is 5.31. The first-order valence-electron chi connectivity index (χ1n) is 5.23. The van der Waals surface area contributed by atoms with Crippen LogP contribution in [0.25, 0.3) is 6.08 Å². The van der Waals surface area contributed by atoms with Crippen molar-refractivity contribution >= 4 is 23.7 Å². The third-order valence-corrected chi connectivity index (χ3v) is 2.98. The summed E-state index contributed by atoms with van der Waals surface area (Å²) in [6, 6.07) is 1.76. The number of rotatable bonds is 6. The minimum Gasteiger partial charge on any atom is -0.472 e. The Labute approximate surface area is 105 Å². The van der Waals surface area contributed by atoms with Crippen molar-refractivity contribution in [2.45, 2.75) is 12.5 Å². The summed E-state index contributed by atoms with van der Waals surface area (Å²) in [7, 11) is 0. The van der Waals surface area contributed by atoms with Gasteiger partial charge in [0.15, 0.2) is 0 Å². The van der Waals surface area contributed by atoms with E-state index in [9.17, 15) is 9.90 Å². The number of hydrogen-bond donors (Lipinski definition) is 2. The van der Waals surface area contributed by atoms with Gasteiger partial charge in [0.1, 0.15) is 0 Å². The van der Waals surface area contributed by atoms with Crippen LogP contribution in [0.4, 0.5) is 0 Å². The van der Waals surface area contributed by atoms with E-state index in [2.05, 4.69) is 5.32 Å². The lowest BCUT2D eigenvalue weighted by Gasteiger charge is -2.21. The summed E-state index contributed by atoms with van der Waals surface area (Å²) in [4.78, 5) is 11.4. The fraction of sp³-hybridized carbons (Fsp3) is 0.417. The molecular formula is C12H17NO3S. The molecule has 0 aliphatic carbocycles. The molecule has 0 aromatic carbocycles. The van der Waals surface area contributed by atoms with E-state index in [1.54, 1.807) is 31.6 Å². The molecular weight excluding hydrogens is 238 g/mol. The summed E-state index contributed by atoms with van der Waals surface area (Å²) in [6.45, 7) is 1.94. The van der Waals surface area contributed by atoms with Gasteiger partial charge in [-0.1, -0.05) is 0 Å². The highest BCUT2D eigenvalue weighted by molar-refractivity contribution is 7.98. The van der Waals surface area contributed by atoms with Crippen LogP contribution >= 0.6 is 11.8 Å². The molecule has 1 amide bonds. The summed E-state index contributed by atoms with van der Waals surface area (Å²) in [5.41, 5.74) is -0.0468. The van der Waals surface area contributed by atoms with Crippen molar-refractivity contribution in [3.63, 3.8) is 0 Å². The number of thioether (sulfide) groups is 1. The molecule has 0 saturated carbocycles. The number of furan rings is 1. The van der Waals surface area contributed by atoms with E-state index in [0.717, 1.165) is 5.56 Å². The number of amides is 1. The molecule has 1 heterocycles. The SMILES string of the molecule is CSCC(C)(O)CNC(=O)C=Cc1ccoc1. The third kappa shape index (κ3) is 5.60. The second-order valence-corrected chi connectivity index (χ2v) is 4.90. The van der Waals surface area contributed by atoms with E-state index in [-0.39, 0.29) is 12.5 Å². The van der Waals surface area contributed by atoms with E-state index in [1.165, 1.54) is 17.8 Å². The van der Waals surface area contributed by atoms with Crippen LogP contribution in [0, 0.1) is 0 Å². The Hall–Kier alpha value is -1.20. The molecule has 4 nitrogen and oxygen atoms in total. The molecule has 1 unspecified atom stereocenters. The van der Waals surface area contributed by atoms with Gasteiger partial charge in [-0.15, -0.1) is 0 Å². The Morgan fingerprint density at radius 3 is 3.06 bits per heavy atom. The van der Waals surface area contributed by atoms with E-state index < -0.39 is 5.60 Å². The van der Waals surface area contributed by atoms with Crippen molar-refractivity contribution in [1.29, 1.82) is 0 Å². The maximum Gasteiger partial charge on any atom is 0.244 e. The molecule has 0 aliphatic rings. The predicted octanol–water partition coefficient (Wildman–Crippen LogP) is 1.52. The minimum absolute atomic E-state index is 0.229. The van der Waals surface area contributed by atoms with E-state index in [0.29, 0.717) is 5.75 Å². The van der Waals surface area contributed by atoms with Gasteiger partial charge in [-0.05, 0) is 25.3 Å². The van der Waals surface area contributed by atoms with Crippen molar-refractivity contribution in [3.05, 3.63) is 30.2 Å². The van der Waals surface area contributed by atoms with Crippen LogP contribution in [0.5, 0.6) is 0 Å². The summed E-state index contributed by atoms with van der Waals surface area (Å²) >= 11 is 1.54. The molecule has 0 saturated heterocycles. The first-order chi connectivity index (χ1) is 8.03. The molecule has 0 bridgehead atoms. The van der Waals surface area contributed by atoms with E-state index >= 15 is 0 Å². The zero-order valence-electron chi connectivity index (χ0n) is 9.97. The van der Waals surface area contributed by atoms with Crippen molar-refractivity contribution in [1.82, 2.24) is 5.32 Å². The van der Waals surface area contributed by atoms with Gasteiger partial charge in [-0.3, -0.25) is 4.79 Å². The maximum atomic E-state index is 11.4. The lowest BCUT2D eigenvalue weighted by Crippen LogP contribution is -2.41. The first-order valence-corrected chi connectivity index (χ1v) is 6.62. The van der Waals surface area contributed by atoms with Crippen molar-refractivity contribution < 1.29 is 14.3 Å². The van der Waals surface area contributed by atoms with Gasteiger partial charge in [-0.25, -0.2) is 0 Å². The van der Waals surface area contributed by atoms with E-state index in [1.807, 2.05) is 6.26 Å². The smallest absolute Gasteiger partial charge is 0.244 e. The molecule has 1 aromatic rings. The highest BCUT2D eigenvalue weighted by Crippen LogP contribution is 2.09. The largest absolute Gasteiger partial charge is 0.472 e. The molecule has 0 fully saturated rings. The van der Waals surface area contributed by atoms with Crippen LogP contribution in [-0.4, -0.2) is 35.2 Å². The van der Waals surface area contributed by atoms with Gasteiger partial charge >= 0.3 is 0 Å². The Morgan fingerprint density at radius 1 is 1.71 bits per heavy atom. The zero-order chi connectivity index (χ0) is 12.7. The fourth-order valence-electron chi connectivity index (χ4n) is 1.24. The number of carbonyl (C=O) groups excluding carboxylic acids is 1. The molecule has 1 rings (SSSR count). The molecule has 0 aliphatic heterocycles. The Balaban J connectivity index is 2.35. The van der Waals surface area contributed by atoms with Gasteiger partial charge in [0, 0.05) is 23.9 Å². The number of aliphatic hydroxyl groups is 1. The summed E-state index contributed by atoms with van der Waals surface area (Å²) in [5, 5.41) is 12.5. The highest BCUT2D eigenvalue weighted by Gasteiger charge is 2.19.